The normalized spacial score (nSPS) is 25.1. The largest absolute Gasteiger partial charge is 0.468 e. The predicted molar refractivity (Wildman–Crippen MR) is 174 cm³/mol. The van der Waals surface area contributed by atoms with Gasteiger partial charge in [-0.1, -0.05) is 72.8 Å². The maximum Gasteiger partial charge on any atom is 0.320 e. The van der Waals surface area contributed by atoms with Crippen LogP contribution < -0.4 is 0 Å². The van der Waals surface area contributed by atoms with Gasteiger partial charge in [-0.25, -0.2) is 0 Å². The molecule has 9 heteroatoms. The maximum atomic E-state index is 14.5. The second-order valence-electron chi connectivity index (χ2n) is 12.0. The molecule has 0 bridgehead atoms. The summed E-state index contributed by atoms with van der Waals surface area (Å²) in [5.74, 6) is 0.390. The molecular weight excluding hydrogens is 588 g/mol. The number of amides is 2. The van der Waals surface area contributed by atoms with E-state index in [0.717, 1.165) is 33.4 Å². The number of rotatable bonds is 9. The van der Waals surface area contributed by atoms with Crippen LogP contribution in [0, 0.1) is 11.3 Å². The first kappa shape index (κ1) is 31.3. The third-order valence-corrected chi connectivity index (χ3v) is 10.2. The highest BCUT2D eigenvalue weighted by Gasteiger charge is 2.59. The minimum absolute atomic E-state index is 0.0396. The summed E-state index contributed by atoms with van der Waals surface area (Å²) in [5, 5.41) is 2.10. The molecule has 8 nitrogen and oxygen atoms in total. The van der Waals surface area contributed by atoms with Crippen LogP contribution in [-0.4, -0.2) is 78.1 Å². The van der Waals surface area contributed by atoms with Crippen molar-refractivity contribution in [2.75, 3.05) is 38.3 Å². The van der Waals surface area contributed by atoms with E-state index in [4.69, 9.17) is 14.2 Å². The van der Waals surface area contributed by atoms with E-state index in [0.29, 0.717) is 25.4 Å². The third kappa shape index (κ3) is 6.39. The molecule has 6 rings (SSSR count). The van der Waals surface area contributed by atoms with Gasteiger partial charge in [0.05, 0.1) is 33.0 Å². The van der Waals surface area contributed by atoms with Crippen molar-refractivity contribution in [3.8, 4) is 0 Å². The van der Waals surface area contributed by atoms with Gasteiger partial charge < -0.3 is 24.0 Å². The summed E-state index contributed by atoms with van der Waals surface area (Å²) < 4.78 is 17.9. The number of carbonyl (C=O) groups is 3. The van der Waals surface area contributed by atoms with Crippen LogP contribution in [0.2, 0.25) is 0 Å². The molecule has 0 saturated carbocycles. The van der Waals surface area contributed by atoms with Crippen LogP contribution in [0.3, 0.4) is 0 Å². The molecule has 0 N–H and O–H groups in total. The van der Waals surface area contributed by atoms with Gasteiger partial charge in [0.25, 0.3) is 0 Å². The Morgan fingerprint density at radius 3 is 2.51 bits per heavy atom. The summed E-state index contributed by atoms with van der Waals surface area (Å²) in [4.78, 5) is 45.4. The standard InChI is InChI=1S/C36H40N2O6S/c1-25-36(35(41)42-2)21-29(19-33(39)37-15-17-45-18-16-37)34(40)38(22-28-13-8-12-27-11-6-7-14-31(27)28)32(36)20-30(44-25)24-43-23-26-9-4-3-5-10-26/h3-14,20,25,29-30H,15-19,21-24H2,1-2H3/t25-,29+,30-,36+/m1/s1. The van der Waals surface area contributed by atoms with E-state index in [1.807, 2.05) is 102 Å². The predicted octanol–water partition coefficient (Wildman–Crippen LogP) is 5.20. The first-order valence-electron chi connectivity index (χ1n) is 15.6. The molecule has 0 radical (unpaired) electrons. The van der Waals surface area contributed by atoms with Gasteiger partial charge in [0.2, 0.25) is 11.8 Å². The number of ether oxygens (including phenoxy) is 3. The summed E-state index contributed by atoms with van der Waals surface area (Å²) in [6.07, 6.45) is 0.942. The Balaban J connectivity index is 1.37. The molecule has 3 aliphatic rings. The quantitative estimate of drug-likeness (QED) is 0.301. The van der Waals surface area contributed by atoms with E-state index < -0.39 is 29.5 Å². The fourth-order valence-electron chi connectivity index (χ4n) is 6.93. The van der Waals surface area contributed by atoms with Gasteiger partial charge in [-0.15, -0.1) is 0 Å². The minimum atomic E-state index is -1.26. The molecule has 0 aromatic heterocycles. The molecule has 2 amide bonds. The number of piperidine rings is 1. The Morgan fingerprint density at radius 2 is 1.73 bits per heavy atom. The Morgan fingerprint density at radius 1 is 1.00 bits per heavy atom. The topological polar surface area (TPSA) is 85.4 Å². The fourth-order valence-corrected chi connectivity index (χ4v) is 7.84. The molecule has 0 unspecified atom stereocenters. The molecule has 3 aromatic rings. The number of methoxy groups -OCH3 is 1. The Hall–Kier alpha value is -3.66. The zero-order chi connectivity index (χ0) is 31.4. The van der Waals surface area contributed by atoms with Gasteiger partial charge in [-0.2, -0.15) is 11.8 Å². The molecule has 0 spiro atoms. The van der Waals surface area contributed by atoms with Crippen LogP contribution in [-0.2, 0) is 41.7 Å². The van der Waals surface area contributed by atoms with Crippen molar-refractivity contribution in [2.45, 2.75) is 45.1 Å². The van der Waals surface area contributed by atoms with Crippen molar-refractivity contribution in [3.63, 3.8) is 0 Å². The van der Waals surface area contributed by atoms with Crippen molar-refractivity contribution in [2.24, 2.45) is 11.3 Å². The average Bonchev–Trinajstić information content (AvgIpc) is 3.07. The number of hydrogen-bond acceptors (Lipinski definition) is 7. The highest BCUT2D eigenvalue weighted by atomic mass is 32.2. The van der Waals surface area contributed by atoms with Crippen LogP contribution in [0.1, 0.15) is 30.9 Å². The zero-order valence-electron chi connectivity index (χ0n) is 25.9. The molecule has 4 atom stereocenters. The summed E-state index contributed by atoms with van der Waals surface area (Å²) in [6, 6.07) is 24.0. The lowest BCUT2D eigenvalue weighted by molar-refractivity contribution is -0.178. The van der Waals surface area contributed by atoms with Crippen molar-refractivity contribution in [1.29, 1.82) is 0 Å². The van der Waals surface area contributed by atoms with Gasteiger partial charge in [0.15, 0.2) is 0 Å². The summed E-state index contributed by atoms with van der Waals surface area (Å²) in [6.45, 7) is 4.12. The maximum absolute atomic E-state index is 14.5. The van der Waals surface area contributed by atoms with Gasteiger partial charge >= 0.3 is 5.97 Å². The Labute approximate surface area is 268 Å². The summed E-state index contributed by atoms with van der Waals surface area (Å²) >= 11 is 1.83. The zero-order valence-corrected chi connectivity index (χ0v) is 26.7. The number of fused-ring (bicyclic) bond motifs is 2. The van der Waals surface area contributed by atoms with Crippen molar-refractivity contribution < 1.29 is 28.6 Å². The number of carbonyl (C=O) groups excluding carboxylic acids is 3. The Kier molecular flexibility index (Phi) is 9.58. The smallest absolute Gasteiger partial charge is 0.320 e. The molecule has 3 aliphatic heterocycles. The van der Waals surface area contributed by atoms with Crippen molar-refractivity contribution in [3.05, 3.63) is 95.7 Å². The number of nitrogens with zero attached hydrogens (tertiary/aromatic N) is 2. The van der Waals surface area contributed by atoms with E-state index in [1.165, 1.54) is 7.11 Å². The molecule has 45 heavy (non-hydrogen) atoms. The number of benzene rings is 3. The van der Waals surface area contributed by atoms with E-state index in [2.05, 4.69) is 0 Å². The number of hydrogen-bond donors (Lipinski definition) is 0. The van der Waals surface area contributed by atoms with Gasteiger partial charge in [-0.3, -0.25) is 14.4 Å². The van der Waals surface area contributed by atoms with Gasteiger partial charge in [0, 0.05) is 42.6 Å². The minimum Gasteiger partial charge on any atom is -0.468 e. The lowest BCUT2D eigenvalue weighted by atomic mass is 9.66. The van der Waals surface area contributed by atoms with Crippen molar-refractivity contribution >= 4 is 40.3 Å². The average molecular weight is 629 g/mol. The monoisotopic (exact) mass is 628 g/mol. The molecule has 2 fully saturated rings. The fraction of sp³-hybridized carbons (Fsp3) is 0.417. The second kappa shape index (κ2) is 13.8. The van der Waals surface area contributed by atoms with E-state index >= 15 is 0 Å². The molecule has 3 aromatic carbocycles. The third-order valence-electron chi connectivity index (χ3n) is 9.28. The van der Waals surface area contributed by atoms with Crippen LogP contribution in [0.15, 0.2) is 84.6 Å². The molecule has 2 saturated heterocycles. The van der Waals surface area contributed by atoms with Gasteiger partial charge in [-0.05, 0) is 41.3 Å². The van der Waals surface area contributed by atoms with Crippen LogP contribution in [0.5, 0.6) is 0 Å². The number of thioether (sulfide) groups is 1. The van der Waals surface area contributed by atoms with E-state index in [1.54, 1.807) is 4.90 Å². The Bertz CT molecular complexity index is 1570. The highest BCUT2D eigenvalue weighted by molar-refractivity contribution is 7.99. The first-order chi connectivity index (χ1) is 21.9. The second-order valence-corrected chi connectivity index (χ2v) is 13.2. The summed E-state index contributed by atoms with van der Waals surface area (Å²) in [5.41, 5.74) is 1.31. The lowest BCUT2D eigenvalue weighted by Crippen LogP contribution is -2.60. The van der Waals surface area contributed by atoms with Crippen LogP contribution >= 0.6 is 11.8 Å². The van der Waals surface area contributed by atoms with E-state index in [-0.39, 0.29) is 37.8 Å². The SMILES string of the molecule is COC(=O)[C@]12C[C@H](CC(=O)N3CCSCC3)C(=O)N(Cc3cccc4ccccc34)C1=C[C@H](COCc1ccccc1)O[C@@H]2C. The summed E-state index contributed by atoms with van der Waals surface area (Å²) in [7, 11) is 1.37. The van der Waals surface area contributed by atoms with Crippen LogP contribution in [0.4, 0.5) is 0 Å². The van der Waals surface area contributed by atoms with Crippen molar-refractivity contribution in [1.82, 2.24) is 9.80 Å². The molecule has 236 valence electrons. The highest BCUT2D eigenvalue weighted by Crippen LogP contribution is 2.51. The molecule has 3 heterocycles. The van der Waals surface area contributed by atoms with Crippen LogP contribution in [0.25, 0.3) is 10.8 Å². The van der Waals surface area contributed by atoms with E-state index in [9.17, 15) is 14.4 Å². The van der Waals surface area contributed by atoms with Gasteiger partial charge in [0.1, 0.15) is 11.5 Å². The number of likely N-dealkylation sites (tertiary alicyclic amines) is 1. The number of esters is 1. The first-order valence-corrected chi connectivity index (χ1v) is 16.8. The molecular formula is C36H40N2O6S. The molecule has 0 aliphatic carbocycles. The lowest BCUT2D eigenvalue weighted by Gasteiger charge is -2.51.